The summed E-state index contributed by atoms with van der Waals surface area (Å²) in [5.74, 6) is -4.74. The van der Waals surface area contributed by atoms with Gasteiger partial charge in [-0.2, -0.15) is 0 Å². The Balaban J connectivity index is 0.893. The molecule has 5 amide bonds. The summed E-state index contributed by atoms with van der Waals surface area (Å²) in [5.41, 5.74) is 0. The maximum atomic E-state index is 13.4. The molecule has 11 fully saturated rings. The fourth-order valence-electron chi connectivity index (χ4n) is 17.8. The van der Waals surface area contributed by atoms with Gasteiger partial charge in [0.05, 0.1) is 72.7 Å². The third kappa shape index (κ3) is 25.0. The normalized spacial score (nSPS) is 48.9. The summed E-state index contributed by atoms with van der Waals surface area (Å²) >= 11 is 0. The molecule has 137 heavy (non-hydrogen) atoms. The maximum absolute atomic E-state index is 13.4. The van der Waals surface area contributed by atoms with Crippen molar-refractivity contribution in [2.75, 3.05) is 72.7 Å². The lowest BCUT2D eigenvalue weighted by molar-refractivity contribution is -0.400. The average molecular weight is 2010 g/mol. The Morgan fingerprint density at radius 1 is 0.190 bits per heavy atom. The monoisotopic (exact) mass is 2010 g/mol. The molecule has 0 aliphatic carbocycles. The molecule has 0 aromatic carbocycles. The number of carbonyl (C=O) groups is 5. The van der Waals surface area contributed by atoms with Crippen molar-refractivity contribution < 1.29 is 277 Å². The minimum atomic E-state index is -2.66. The zero-order valence-electron chi connectivity index (χ0n) is 73.6. The first-order chi connectivity index (χ1) is 64.9. The van der Waals surface area contributed by atoms with E-state index in [0.717, 1.165) is 34.6 Å². The summed E-state index contributed by atoms with van der Waals surface area (Å²) in [7, 11) is 0. The minimum absolute atomic E-state index is 0.815. The smallest absolute Gasteiger partial charge is 0.217 e. The zero-order chi connectivity index (χ0) is 101. The van der Waals surface area contributed by atoms with E-state index >= 15 is 0 Å². The molecule has 0 spiro atoms. The van der Waals surface area contributed by atoms with Crippen molar-refractivity contribution in [1.29, 1.82) is 0 Å². The van der Waals surface area contributed by atoms with Crippen molar-refractivity contribution in [3.63, 3.8) is 0 Å². The van der Waals surface area contributed by atoms with Gasteiger partial charge in [0.15, 0.2) is 69.2 Å². The van der Waals surface area contributed by atoms with E-state index in [2.05, 4.69) is 26.6 Å². The number of ether oxygens (including phenoxy) is 21. The van der Waals surface area contributed by atoms with Gasteiger partial charge in [-0.1, -0.05) is 0 Å². The van der Waals surface area contributed by atoms with Crippen LogP contribution in [0.15, 0.2) is 0 Å². The van der Waals surface area contributed by atoms with E-state index in [4.69, 9.17) is 99.5 Å². The molecule has 0 aromatic heterocycles. The highest BCUT2D eigenvalue weighted by molar-refractivity contribution is 5.75. The Labute approximate surface area is 775 Å². The lowest BCUT2D eigenvalue weighted by Gasteiger charge is -2.51. The first-order valence-corrected chi connectivity index (χ1v) is 43.7. The second-order valence-electron chi connectivity index (χ2n) is 34.5. The summed E-state index contributed by atoms with van der Waals surface area (Å²) in [4.78, 5) is 64.5. The molecule has 0 aromatic rings. The van der Waals surface area contributed by atoms with Gasteiger partial charge in [-0.05, 0) is 0 Å². The minimum Gasteiger partial charge on any atom is -0.394 e. The van der Waals surface area contributed by atoms with E-state index < -0.39 is 440 Å². The van der Waals surface area contributed by atoms with Crippen LogP contribution in [0, 0.1) is 0 Å². The standard InChI is InChI=1S/C76H127N5O56/c1-17(92)77-33-44(103)57(27(11-87)118-66(33)116)129-67-34(78-18(2)93)45(104)61(30(14-90)124-67)133-74-56(115)63(43(102)32(128-74)16-117-75-64(51(110)40(99)24(8-84)122-75)136-69-36(80-20(4)95)47(106)59(29(13-89)126-69)131-72-54(113)50(109)39(98)23(7-83)120-72)135-76-65(52(111)41(100)25(9-85)123-76)137-70-37(81-21(5)96)48(107)60(31(15-91)127-70)132-73-55(114)62(42(101)26(10-86)121-73)134-68-35(79-19(3)94)46(105)58(28(12-88)125-68)130-71-53(112)49(108)38(97)22(6-82)119-71/h22-76,82-91,97-116H,6-16H2,1-5H3,(H,77,92)(H,78,93)(H,79,94)(H,80,95)(H,81,96)/t22-,23-,24-,25-,26-,27-,28-,29-,30-,31-,32-,33-,34-,35-,36-,37-,38+,39+,40-,41-,42+,43-,44-,45-,46-,47-,48-,49+,50+,51+,52+,53+,54-,55-,56+,57-,58-,59-,60-,61-,62+,63+,64+,65+,66?,67+,68+,69+,70+,71+,72+,73+,74+,75+,76-/m1/s1. The van der Waals surface area contributed by atoms with Gasteiger partial charge in [0.2, 0.25) is 29.5 Å². The van der Waals surface area contributed by atoms with Crippen LogP contribution in [-0.2, 0) is 123 Å². The molecule has 0 saturated carbocycles. The molecule has 792 valence electrons. The number of rotatable bonds is 36. The average Bonchev–Trinajstić information content (AvgIpc) is 0.775. The molecular formula is C76H127N5O56. The number of hydrogen-bond donors (Lipinski definition) is 35. The second kappa shape index (κ2) is 49.5. The quantitative estimate of drug-likeness (QED) is 0.0277. The molecule has 61 heteroatoms. The molecule has 11 aliphatic heterocycles. The molecule has 11 heterocycles. The lowest BCUT2D eigenvalue weighted by atomic mass is 9.93. The third-order valence-corrected chi connectivity index (χ3v) is 25.0. The molecule has 0 radical (unpaired) electrons. The van der Waals surface area contributed by atoms with E-state index in [1.807, 2.05) is 0 Å². The van der Waals surface area contributed by atoms with E-state index in [9.17, 15) is 177 Å². The molecule has 55 atom stereocenters. The van der Waals surface area contributed by atoms with Crippen molar-refractivity contribution in [2.45, 2.75) is 372 Å². The highest BCUT2D eigenvalue weighted by atomic mass is 16.8. The van der Waals surface area contributed by atoms with Crippen LogP contribution in [0.1, 0.15) is 34.6 Å². The van der Waals surface area contributed by atoms with E-state index in [0.29, 0.717) is 0 Å². The molecule has 11 rings (SSSR count). The number of aliphatic hydroxyl groups is 30. The lowest BCUT2D eigenvalue weighted by Crippen LogP contribution is -2.71. The Bertz CT molecular complexity index is 3780. The third-order valence-electron chi connectivity index (χ3n) is 25.0. The van der Waals surface area contributed by atoms with Crippen LogP contribution in [0.25, 0.3) is 0 Å². The van der Waals surface area contributed by atoms with Crippen LogP contribution < -0.4 is 26.6 Å². The van der Waals surface area contributed by atoms with Gasteiger partial charge < -0.3 is 279 Å². The molecule has 0 bridgehead atoms. The van der Waals surface area contributed by atoms with Crippen molar-refractivity contribution >= 4 is 29.5 Å². The summed E-state index contributed by atoms with van der Waals surface area (Å²) in [6.07, 6.45) is -107. The highest BCUT2D eigenvalue weighted by Crippen LogP contribution is 2.42. The van der Waals surface area contributed by atoms with Crippen LogP contribution >= 0.6 is 0 Å². The predicted octanol–water partition coefficient (Wildman–Crippen LogP) is -24.3. The van der Waals surface area contributed by atoms with Gasteiger partial charge in [-0.25, -0.2) is 0 Å². The van der Waals surface area contributed by atoms with E-state index in [1.54, 1.807) is 0 Å². The number of hydrogen-bond acceptors (Lipinski definition) is 56. The first kappa shape index (κ1) is 113. The highest BCUT2D eigenvalue weighted by Gasteiger charge is 2.63. The summed E-state index contributed by atoms with van der Waals surface area (Å²) in [6, 6.07) is -9.62. The Hall–Kier alpha value is -4.69. The molecule has 11 saturated heterocycles. The molecule has 61 nitrogen and oxygen atoms in total. The fraction of sp³-hybridized carbons (Fsp3) is 0.934. The Kier molecular flexibility index (Phi) is 40.7. The summed E-state index contributed by atoms with van der Waals surface area (Å²) < 4.78 is 125. The largest absolute Gasteiger partial charge is 0.394 e. The van der Waals surface area contributed by atoms with Gasteiger partial charge in [0.25, 0.3) is 0 Å². The van der Waals surface area contributed by atoms with Crippen LogP contribution in [0.2, 0.25) is 0 Å². The van der Waals surface area contributed by atoms with Crippen molar-refractivity contribution in [2.24, 2.45) is 0 Å². The van der Waals surface area contributed by atoms with Crippen molar-refractivity contribution in [1.82, 2.24) is 26.6 Å². The van der Waals surface area contributed by atoms with Crippen molar-refractivity contribution in [3.05, 3.63) is 0 Å². The molecule has 35 N–H and O–H groups in total. The van der Waals surface area contributed by atoms with Crippen LogP contribution in [0.3, 0.4) is 0 Å². The van der Waals surface area contributed by atoms with Crippen LogP contribution in [-0.4, -0.2) is 593 Å². The van der Waals surface area contributed by atoms with Crippen LogP contribution in [0.5, 0.6) is 0 Å². The fourth-order valence-corrected chi connectivity index (χ4v) is 17.8. The van der Waals surface area contributed by atoms with Crippen LogP contribution in [0.4, 0.5) is 0 Å². The van der Waals surface area contributed by atoms with E-state index in [-0.39, 0.29) is 0 Å². The molecule has 1 unspecified atom stereocenters. The zero-order valence-corrected chi connectivity index (χ0v) is 73.6. The second-order valence-corrected chi connectivity index (χ2v) is 34.5. The first-order valence-electron chi connectivity index (χ1n) is 43.7. The van der Waals surface area contributed by atoms with Gasteiger partial charge >= 0.3 is 0 Å². The van der Waals surface area contributed by atoms with Gasteiger partial charge in [0.1, 0.15) is 268 Å². The maximum Gasteiger partial charge on any atom is 0.217 e. The van der Waals surface area contributed by atoms with Gasteiger partial charge in [-0.15, -0.1) is 0 Å². The van der Waals surface area contributed by atoms with Crippen molar-refractivity contribution in [3.8, 4) is 0 Å². The number of aliphatic hydroxyl groups excluding tert-OH is 30. The number of carbonyl (C=O) groups excluding carboxylic acids is 5. The van der Waals surface area contributed by atoms with E-state index in [1.165, 1.54) is 0 Å². The Morgan fingerprint density at radius 2 is 0.394 bits per heavy atom. The summed E-state index contributed by atoms with van der Waals surface area (Å²) in [6.45, 7) is -7.92. The van der Waals surface area contributed by atoms with Gasteiger partial charge in [-0.3, -0.25) is 24.0 Å². The SMILES string of the molecule is CC(=O)N[C@H]1[C@H](O[C@H]2[C@@H](O)[C@@H](CO)O[C@@H](O[C@H]3[C@H](O)[C@@H](NC(C)=O)[C@H](O[C@@H]4[C@@H](O[C@@H]5[C@H](O)[C@H](O[C@H]6[C@H](O)[C@@H](NC(C)=O)[C@H](O[C@H]7[C@H](O)[C@@H](NC(C)=O)C(O)O[C@@H]7CO)O[C@@H]6CO)O[C@H](CO[C@H]6O[C@H](CO)[C@@H](O)[C@H](O)[C@@H]6O[C@@H]6O[C@H](CO)[C@@H](O[C@@H]7O[C@H](CO)[C@H](O)[C@H](O)[C@H]7O)[C@H](O)[C@H]6NC(C)=O)[C@H]5O)O[C@H](CO)[C@@H](O)[C@@H]4O)O[C@@H]3CO)[C@@H]2O)O[C@H](CO)[C@@H](O[C@@H]2O[C@H](CO)[C@H](O)[C@H](O)[C@@H]2O)[C@@H]1O. The molecular weight excluding hydrogens is 1880 g/mol. The number of amides is 5. The molecule has 11 aliphatic rings. The summed E-state index contributed by atoms with van der Waals surface area (Å²) in [5, 5.41) is 349. The number of nitrogens with one attached hydrogen (secondary N) is 5. The van der Waals surface area contributed by atoms with Gasteiger partial charge in [0, 0.05) is 34.6 Å². The topological polar surface area (TPSA) is 946 Å². The Morgan fingerprint density at radius 3 is 0.701 bits per heavy atom. The predicted molar refractivity (Wildman–Crippen MR) is 420 cm³/mol.